The van der Waals surface area contributed by atoms with Crippen LogP contribution in [0.15, 0.2) is 29.3 Å². The lowest BCUT2D eigenvalue weighted by Crippen LogP contribution is -2.45. The molecule has 0 radical (unpaired) electrons. The second-order valence-corrected chi connectivity index (χ2v) is 8.37. The Kier molecular flexibility index (Phi) is 11.5. The molecule has 0 amide bonds. The Bertz CT molecular complexity index is 704. The molecule has 2 N–H and O–H groups in total. The lowest BCUT2D eigenvalue weighted by atomic mass is 9.85. The van der Waals surface area contributed by atoms with Gasteiger partial charge in [-0.2, -0.15) is 13.2 Å². The molecule has 3 rings (SSSR count). The molecule has 9 heteroatoms. The second-order valence-electron chi connectivity index (χ2n) is 8.37. The molecule has 1 aliphatic carbocycles. The van der Waals surface area contributed by atoms with Gasteiger partial charge in [0.25, 0.3) is 0 Å². The molecule has 0 aromatic heterocycles. The molecule has 0 unspecified atom stereocenters. The van der Waals surface area contributed by atoms with Crippen LogP contribution in [0.1, 0.15) is 56.6 Å². The molecule has 0 atom stereocenters. The van der Waals surface area contributed by atoms with Crippen LogP contribution in [0.4, 0.5) is 13.2 Å². The monoisotopic (exact) mass is 569 g/mol. The van der Waals surface area contributed by atoms with Gasteiger partial charge in [0.05, 0.1) is 25.2 Å². The first kappa shape index (κ1) is 27.2. The number of aliphatic imine (C=N–C) groups is 1. The number of nitrogens with zero attached hydrogens (tertiary/aromatic N) is 1. The van der Waals surface area contributed by atoms with Crippen molar-refractivity contribution in [3.63, 3.8) is 0 Å². The van der Waals surface area contributed by atoms with E-state index >= 15 is 0 Å². The lowest BCUT2D eigenvalue weighted by molar-refractivity contribution is -0.182. The van der Waals surface area contributed by atoms with E-state index in [2.05, 4.69) is 27.8 Å². The van der Waals surface area contributed by atoms with Crippen molar-refractivity contribution < 1.29 is 22.6 Å². The molecular formula is C23H35F3IN3O2. The summed E-state index contributed by atoms with van der Waals surface area (Å²) < 4.78 is 50.0. The van der Waals surface area contributed by atoms with E-state index in [4.69, 9.17) is 9.47 Å². The fourth-order valence-corrected chi connectivity index (χ4v) is 4.12. The highest BCUT2D eigenvalue weighted by atomic mass is 127. The standard InChI is InChI=1S/C23H34F3N3O2.HI/c1-2-27-22(29-20-8-6-19(7-9-20)23(24,25)26)28-15-17-4-3-5-18(14-17)16-31-21-10-12-30-13-11-21;/h3-5,14,19-21H,2,6-13,15-16H2,1H3,(H2,27,28,29);1H. The number of halogens is 4. The summed E-state index contributed by atoms with van der Waals surface area (Å²) in [5.41, 5.74) is 2.19. The first-order chi connectivity index (χ1) is 14.9. The van der Waals surface area contributed by atoms with Gasteiger partial charge in [-0.25, -0.2) is 4.99 Å². The maximum Gasteiger partial charge on any atom is 0.391 e. The fourth-order valence-electron chi connectivity index (χ4n) is 4.12. The van der Waals surface area contributed by atoms with Crippen LogP contribution in [0.2, 0.25) is 0 Å². The van der Waals surface area contributed by atoms with Gasteiger partial charge < -0.3 is 20.1 Å². The molecule has 1 saturated carbocycles. The Balaban J connectivity index is 0.00000363. The Morgan fingerprint density at radius 2 is 1.78 bits per heavy atom. The summed E-state index contributed by atoms with van der Waals surface area (Å²) in [5, 5.41) is 6.52. The molecule has 1 aliphatic heterocycles. The third-order valence-electron chi connectivity index (χ3n) is 5.94. The Morgan fingerprint density at radius 3 is 2.44 bits per heavy atom. The summed E-state index contributed by atoms with van der Waals surface area (Å²) >= 11 is 0. The summed E-state index contributed by atoms with van der Waals surface area (Å²) in [5.74, 6) is -0.516. The Morgan fingerprint density at radius 1 is 1.09 bits per heavy atom. The topological polar surface area (TPSA) is 54.9 Å². The number of nitrogens with one attached hydrogen (secondary N) is 2. The predicted molar refractivity (Wildman–Crippen MR) is 130 cm³/mol. The highest BCUT2D eigenvalue weighted by Crippen LogP contribution is 2.37. The van der Waals surface area contributed by atoms with E-state index in [1.807, 2.05) is 19.1 Å². The highest BCUT2D eigenvalue weighted by Gasteiger charge is 2.41. The average Bonchev–Trinajstić information content (AvgIpc) is 2.77. The van der Waals surface area contributed by atoms with Crippen LogP contribution in [0.5, 0.6) is 0 Å². The number of ether oxygens (including phenoxy) is 2. The molecule has 2 fully saturated rings. The number of benzene rings is 1. The van der Waals surface area contributed by atoms with Gasteiger partial charge in [-0.1, -0.05) is 24.3 Å². The number of rotatable bonds is 7. The van der Waals surface area contributed by atoms with Crippen LogP contribution >= 0.6 is 24.0 Å². The van der Waals surface area contributed by atoms with Gasteiger partial charge in [0, 0.05) is 25.8 Å². The van der Waals surface area contributed by atoms with Crippen LogP contribution in [-0.2, 0) is 22.6 Å². The molecule has 182 valence electrons. The second kappa shape index (κ2) is 13.6. The van der Waals surface area contributed by atoms with Crippen molar-refractivity contribution in [2.24, 2.45) is 10.9 Å². The maximum atomic E-state index is 12.9. The summed E-state index contributed by atoms with van der Waals surface area (Å²) in [6.07, 6.45) is -0.581. The van der Waals surface area contributed by atoms with Crippen molar-refractivity contribution in [3.8, 4) is 0 Å². The molecule has 2 aliphatic rings. The molecule has 1 saturated heterocycles. The number of guanidine groups is 1. The molecule has 0 bridgehead atoms. The van der Waals surface area contributed by atoms with Gasteiger partial charge in [0.1, 0.15) is 0 Å². The van der Waals surface area contributed by atoms with Gasteiger partial charge in [0.15, 0.2) is 5.96 Å². The minimum absolute atomic E-state index is 0. The Hall–Kier alpha value is -1.07. The third-order valence-corrected chi connectivity index (χ3v) is 5.94. The van der Waals surface area contributed by atoms with Crippen molar-refractivity contribution in [3.05, 3.63) is 35.4 Å². The lowest BCUT2D eigenvalue weighted by Gasteiger charge is -2.31. The molecule has 1 aromatic rings. The number of hydrogen-bond donors (Lipinski definition) is 2. The zero-order valence-corrected chi connectivity index (χ0v) is 21.0. The summed E-state index contributed by atoms with van der Waals surface area (Å²) in [7, 11) is 0. The molecule has 32 heavy (non-hydrogen) atoms. The molecule has 1 heterocycles. The van der Waals surface area contributed by atoms with Gasteiger partial charge in [-0.3, -0.25) is 0 Å². The minimum Gasteiger partial charge on any atom is -0.381 e. The third kappa shape index (κ3) is 9.05. The van der Waals surface area contributed by atoms with Crippen LogP contribution in [-0.4, -0.2) is 44.0 Å². The average molecular weight is 569 g/mol. The normalized spacial score (nSPS) is 22.8. The number of alkyl halides is 3. The molecule has 0 spiro atoms. The summed E-state index contributed by atoms with van der Waals surface area (Å²) in [6, 6.07) is 8.21. The van der Waals surface area contributed by atoms with Gasteiger partial charge in [-0.05, 0) is 56.6 Å². The minimum atomic E-state index is -4.08. The summed E-state index contributed by atoms with van der Waals surface area (Å²) in [6.45, 7) is 5.27. The van der Waals surface area contributed by atoms with Crippen LogP contribution in [0, 0.1) is 5.92 Å². The zero-order valence-electron chi connectivity index (χ0n) is 18.6. The number of hydrogen-bond acceptors (Lipinski definition) is 3. The Labute approximate surface area is 205 Å². The van der Waals surface area contributed by atoms with E-state index < -0.39 is 12.1 Å². The van der Waals surface area contributed by atoms with Crippen LogP contribution in [0.3, 0.4) is 0 Å². The van der Waals surface area contributed by atoms with Crippen LogP contribution < -0.4 is 10.6 Å². The first-order valence-corrected chi connectivity index (χ1v) is 11.3. The van der Waals surface area contributed by atoms with E-state index in [-0.39, 0.29) is 49.0 Å². The van der Waals surface area contributed by atoms with E-state index in [1.54, 1.807) is 0 Å². The van der Waals surface area contributed by atoms with E-state index in [0.717, 1.165) is 37.2 Å². The van der Waals surface area contributed by atoms with E-state index in [9.17, 15) is 13.2 Å². The largest absolute Gasteiger partial charge is 0.391 e. The van der Waals surface area contributed by atoms with Crippen molar-refractivity contribution in [2.75, 3.05) is 19.8 Å². The SMILES string of the molecule is CCNC(=NCc1cccc(COC2CCOCC2)c1)NC1CCC(C(F)(F)F)CC1.I. The van der Waals surface area contributed by atoms with Gasteiger partial charge in [-0.15, -0.1) is 24.0 Å². The maximum absolute atomic E-state index is 12.9. The first-order valence-electron chi connectivity index (χ1n) is 11.3. The molecule has 5 nitrogen and oxygen atoms in total. The summed E-state index contributed by atoms with van der Waals surface area (Å²) in [4.78, 5) is 4.65. The van der Waals surface area contributed by atoms with Gasteiger partial charge >= 0.3 is 6.18 Å². The van der Waals surface area contributed by atoms with Crippen molar-refractivity contribution >= 4 is 29.9 Å². The fraction of sp³-hybridized carbons (Fsp3) is 0.696. The van der Waals surface area contributed by atoms with Crippen molar-refractivity contribution in [1.29, 1.82) is 0 Å². The van der Waals surface area contributed by atoms with E-state index in [1.165, 1.54) is 0 Å². The quantitative estimate of drug-likeness (QED) is 0.270. The zero-order chi connectivity index (χ0) is 22.1. The van der Waals surface area contributed by atoms with E-state index in [0.29, 0.717) is 38.5 Å². The molecular weight excluding hydrogens is 534 g/mol. The van der Waals surface area contributed by atoms with Crippen molar-refractivity contribution in [1.82, 2.24) is 10.6 Å². The smallest absolute Gasteiger partial charge is 0.381 e. The molecule has 1 aromatic carbocycles. The van der Waals surface area contributed by atoms with Crippen molar-refractivity contribution in [2.45, 2.75) is 76.9 Å². The van der Waals surface area contributed by atoms with Gasteiger partial charge in [0.2, 0.25) is 0 Å². The van der Waals surface area contributed by atoms with Crippen LogP contribution in [0.25, 0.3) is 0 Å². The highest BCUT2D eigenvalue weighted by molar-refractivity contribution is 14.0. The predicted octanol–water partition coefficient (Wildman–Crippen LogP) is 5.18.